The van der Waals surface area contributed by atoms with Crippen LogP contribution in [0, 0.1) is 0 Å². The standard InChI is InChI=1S/C29H32N6OS/c36-20-22-10-2-6-14-26(22)37-25-13-5-1-9-21(25)19-31-28-32-24-12-4-3-11-23(24)27(33-28)35-18-8-17-34-16-7-15-30-29(34)35/h1-6,9-11,13-14,24,36H,7-8,12,15-20H2,(H,31,32). The number of aliphatic hydroxyl groups is 1. The molecular weight excluding hydrogens is 480 g/mol. The third kappa shape index (κ3) is 5.08. The maximum atomic E-state index is 9.76. The largest absolute Gasteiger partial charge is 0.392 e. The van der Waals surface area contributed by atoms with E-state index in [-0.39, 0.29) is 12.6 Å². The van der Waals surface area contributed by atoms with Crippen LogP contribution in [0.2, 0.25) is 0 Å². The molecule has 0 radical (unpaired) electrons. The molecule has 37 heavy (non-hydrogen) atoms. The minimum atomic E-state index is 0.0277. The number of amidine groups is 1. The van der Waals surface area contributed by atoms with Crippen LogP contribution >= 0.6 is 11.8 Å². The maximum absolute atomic E-state index is 9.76. The lowest BCUT2D eigenvalue weighted by Crippen LogP contribution is -2.57. The number of benzene rings is 2. The van der Waals surface area contributed by atoms with E-state index in [1.54, 1.807) is 11.8 Å². The fourth-order valence-corrected chi connectivity index (χ4v) is 6.28. The van der Waals surface area contributed by atoms with Crippen molar-refractivity contribution in [2.45, 2.75) is 48.2 Å². The summed E-state index contributed by atoms with van der Waals surface area (Å²) < 4.78 is 0. The first kappa shape index (κ1) is 24.0. The third-order valence-corrected chi connectivity index (χ3v) is 8.33. The molecule has 1 atom stereocenters. The fourth-order valence-electron chi connectivity index (χ4n) is 5.22. The molecule has 0 bridgehead atoms. The van der Waals surface area contributed by atoms with Gasteiger partial charge in [-0.3, -0.25) is 9.89 Å². The van der Waals surface area contributed by atoms with Gasteiger partial charge >= 0.3 is 0 Å². The van der Waals surface area contributed by atoms with E-state index >= 15 is 0 Å². The number of guanidine groups is 2. The molecule has 6 rings (SSSR count). The molecule has 1 aliphatic carbocycles. The van der Waals surface area contributed by atoms with Crippen LogP contribution in [-0.4, -0.2) is 64.9 Å². The van der Waals surface area contributed by atoms with E-state index in [1.165, 1.54) is 5.57 Å². The van der Waals surface area contributed by atoms with Gasteiger partial charge in [0.25, 0.3) is 0 Å². The van der Waals surface area contributed by atoms with Crippen molar-refractivity contribution in [1.29, 1.82) is 0 Å². The van der Waals surface area contributed by atoms with Crippen LogP contribution in [0.4, 0.5) is 0 Å². The Hall–Kier alpha value is -3.36. The van der Waals surface area contributed by atoms with Gasteiger partial charge in [-0.2, -0.15) is 4.99 Å². The Labute approximate surface area is 222 Å². The molecule has 2 N–H and O–H groups in total. The number of hydrogen-bond acceptors (Lipinski definition) is 6. The first-order valence-electron chi connectivity index (χ1n) is 13.1. The highest BCUT2D eigenvalue weighted by Crippen LogP contribution is 2.33. The summed E-state index contributed by atoms with van der Waals surface area (Å²) in [6.07, 6.45) is 9.65. The monoisotopic (exact) mass is 512 g/mol. The lowest BCUT2D eigenvalue weighted by molar-refractivity contribution is 0.279. The Morgan fingerprint density at radius 3 is 2.65 bits per heavy atom. The Morgan fingerprint density at radius 2 is 1.78 bits per heavy atom. The van der Waals surface area contributed by atoms with Gasteiger partial charge in [0.1, 0.15) is 5.84 Å². The van der Waals surface area contributed by atoms with Crippen molar-refractivity contribution in [3.8, 4) is 0 Å². The number of fused-ring (bicyclic) bond motifs is 2. The molecule has 0 spiro atoms. The van der Waals surface area contributed by atoms with Gasteiger partial charge in [-0.05, 0) is 42.5 Å². The van der Waals surface area contributed by atoms with Crippen molar-refractivity contribution in [3.05, 3.63) is 83.5 Å². The second kappa shape index (κ2) is 10.9. The SMILES string of the molecule is OCc1ccccc1Sc1ccccc1CN=C1N=C(N2CCCN3CCCN=C32)C2=CC=CCC2N1. The van der Waals surface area contributed by atoms with Gasteiger partial charge in [-0.15, -0.1) is 0 Å². The number of aliphatic imine (C=N–C) groups is 3. The quantitative estimate of drug-likeness (QED) is 0.628. The highest BCUT2D eigenvalue weighted by molar-refractivity contribution is 7.99. The Kier molecular flexibility index (Phi) is 7.10. The lowest BCUT2D eigenvalue weighted by Gasteiger charge is -2.43. The predicted molar refractivity (Wildman–Crippen MR) is 150 cm³/mol. The molecule has 0 amide bonds. The third-order valence-electron chi connectivity index (χ3n) is 7.10. The van der Waals surface area contributed by atoms with Crippen molar-refractivity contribution in [3.63, 3.8) is 0 Å². The first-order valence-corrected chi connectivity index (χ1v) is 13.9. The van der Waals surface area contributed by atoms with Crippen molar-refractivity contribution >= 4 is 29.5 Å². The molecule has 190 valence electrons. The van der Waals surface area contributed by atoms with Crippen LogP contribution in [0.3, 0.4) is 0 Å². The smallest absolute Gasteiger partial charge is 0.220 e. The van der Waals surface area contributed by atoms with Crippen molar-refractivity contribution in [2.24, 2.45) is 15.0 Å². The molecule has 2 aromatic carbocycles. The van der Waals surface area contributed by atoms with Crippen LogP contribution in [0.1, 0.15) is 30.4 Å². The Bertz CT molecular complexity index is 1310. The summed E-state index contributed by atoms with van der Waals surface area (Å²) in [7, 11) is 0. The summed E-state index contributed by atoms with van der Waals surface area (Å²) in [6, 6.07) is 16.5. The second-order valence-corrected chi connectivity index (χ2v) is 10.6. The average Bonchev–Trinajstić information content (AvgIpc) is 2.96. The number of nitrogens with zero attached hydrogens (tertiary/aromatic N) is 5. The first-order chi connectivity index (χ1) is 18.3. The molecule has 4 aliphatic rings. The van der Waals surface area contributed by atoms with E-state index in [4.69, 9.17) is 15.0 Å². The number of rotatable bonds is 5. The van der Waals surface area contributed by atoms with E-state index in [0.717, 1.165) is 78.2 Å². The van der Waals surface area contributed by atoms with Gasteiger partial charge < -0.3 is 15.3 Å². The zero-order valence-corrected chi connectivity index (χ0v) is 21.7. The zero-order valence-electron chi connectivity index (χ0n) is 20.9. The van der Waals surface area contributed by atoms with E-state index < -0.39 is 0 Å². The molecule has 0 aromatic heterocycles. The topological polar surface area (TPSA) is 75.8 Å². The number of hydrogen-bond donors (Lipinski definition) is 2. The van der Waals surface area contributed by atoms with Crippen LogP contribution in [0.25, 0.3) is 0 Å². The van der Waals surface area contributed by atoms with Gasteiger partial charge in [0.05, 0.1) is 19.2 Å². The van der Waals surface area contributed by atoms with Crippen molar-refractivity contribution < 1.29 is 5.11 Å². The van der Waals surface area contributed by atoms with Crippen molar-refractivity contribution in [2.75, 3.05) is 26.2 Å². The molecule has 8 heteroatoms. The summed E-state index contributed by atoms with van der Waals surface area (Å²) in [5, 5.41) is 13.3. The number of allylic oxidation sites excluding steroid dienone is 2. The molecule has 0 saturated carbocycles. The van der Waals surface area contributed by atoms with E-state index in [2.05, 4.69) is 57.6 Å². The Balaban J connectivity index is 1.29. The van der Waals surface area contributed by atoms with Crippen LogP contribution in [0.5, 0.6) is 0 Å². The van der Waals surface area contributed by atoms with E-state index in [9.17, 15) is 5.11 Å². The summed E-state index contributed by atoms with van der Waals surface area (Å²) in [5.41, 5.74) is 3.28. The van der Waals surface area contributed by atoms with Crippen LogP contribution in [0.15, 0.2) is 97.1 Å². The van der Waals surface area contributed by atoms with Gasteiger partial charge in [0, 0.05) is 41.5 Å². The van der Waals surface area contributed by atoms with E-state index in [1.807, 2.05) is 24.3 Å². The normalized spacial score (nSPS) is 22.0. The molecular formula is C29H32N6OS. The average molecular weight is 513 g/mol. The lowest BCUT2D eigenvalue weighted by atomic mass is 9.95. The molecule has 2 aromatic rings. The highest BCUT2D eigenvalue weighted by atomic mass is 32.2. The highest BCUT2D eigenvalue weighted by Gasteiger charge is 2.35. The van der Waals surface area contributed by atoms with Crippen LogP contribution in [-0.2, 0) is 13.2 Å². The number of nitrogens with one attached hydrogen (secondary N) is 1. The summed E-state index contributed by atoms with van der Waals surface area (Å²) in [6.45, 7) is 4.50. The molecule has 1 unspecified atom stereocenters. The molecule has 7 nitrogen and oxygen atoms in total. The van der Waals surface area contributed by atoms with E-state index in [0.29, 0.717) is 12.5 Å². The van der Waals surface area contributed by atoms with Gasteiger partial charge in [-0.1, -0.05) is 66.4 Å². The minimum absolute atomic E-state index is 0.0277. The Morgan fingerprint density at radius 1 is 1.00 bits per heavy atom. The molecule has 1 fully saturated rings. The van der Waals surface area contributed by atoms with Gasteiger partial charge in [0.15, 0.2) is 0 Å². The van der Waals surface area contributed by atoms with Gasteiger partial charge in [-0.25, -0.2) is 4.99 Å². The summed E-state index contributed by atoms with van der Waals surface area (Å²) >= 11 is 1.67. The molecule has 3 heterocycles. The number of aliphatic hydroxyl groups excluding tert-OH is 1. The second-order valence-electron chi connectivity index (χ2n) is 9.56. The summed E-state index contributed by atoms with van der Waals surface area (Å²) in [4.78, 5) is 21.8. The maximum Gasteiger partial charge on any atom is 0.220 e. The minimum Gasteiger partial charge on any atom is -0.392 e. The molecule has 3 aliphatic heterocycles. The fraction of sp³-hybridized carbons (Fsp3) is 0.345. The zero-order chi connectivity index (χ0) is 25.0. The van der Waals surface area contributed by atoms with Crippen molar-refractivity contribution in [1.82, 2.24) is 15.1 Å². The van der Waals surface area contributed by atoms with Crippen LogP contribution < -0.4 is 5.32 Å². The predicted octanol–water partition coefficient (Wildman–Crippen LogP) is 4.21. The van der Waals surface area contributed by atoms with Gasteiger partial charge in [0.2, 0.25) is 11.9 Å². The summed E-state index contributed by atoms with van der Waals surface area (Å²) in [5.74, 6) is 2.73. The molecule has 1 saturated heterocycles.